The van der Waals surface area contributed by atoms with Gasteiger partial charge < -0.3 is 19.7 Å². The monoisotopic (exact) mass is 328 g/mol. The van der Waals surface area contributed by atoms with Crippen molar-refractivity contribution >= 4 is 0 Å². The van der Waals surface area contributed by atoms with E-state index in [1.807, 2.05) is 48.5 Å². The van der Waals surface area contributed by atoms with Crippen LogP contribution >= 0.6 is 0 Å². The highest BCUT2D eigenvalue weighted by Gasteiger charge is 2.28. The van der Waals surface area contributed by atoms with Crippen LogP contribution in [0.4, 0.5) is 0 Å². The lowest BCUT2D eigenvalue weighted by Crippen LogP contribution is -2.39. The predicted molar refractivity (Wildman–Crippen MR) is 92.0 cm³/mol. The van der Waals surface area contributed by atoms with Gasteiger partial charge in [-0.25, -0.2) is 0 Å². The van der Waals surface area contributed by atoms with Gasteiger partial charge in [0.15, 0.2) is 0 Å². The molecule has 0 bridgehead atoms. The second kappa shape index (κ2) is 8.18. The molecule has 2 aromatic carbocycles. The SMILES string of the molecule is OCc1ccc(OC2CCCCC2Oc2ccc(CO)cc2)cc1. The summed E-state index contributed by atoms with van der Waals surface area (Å²) in [7, 11) is 0. The Morgan fingerprint density at radius 1 is 0.667 bits per heavy atom. The molecule has 0 spiro atoms. The van der Waals surface area contributed by atoms with Crippen LogP contribution in [0.5, 0.6) is 11.5 Å². The van der Waals surface area contributed by atoms with Crippen LogP contribution in [-0.2, 0) is 13.2 Å². The van der Waals surface area contributed by atoms with E-state index in [1.54, 1.807) is 0 Å². The fourth-order valence-electron chi connectivity index (χ4n) is 3.03. The van der Waals surface area contributed by atoms with Crippen LogP contribution in [0, 0.1) is 0 Å². The van der Waals surface area contributed by atoms with E-state index in [4.69, 9.17) is 19.7 Å². The van der Waals surface area contributed by atoms with Gasteiger partial charge in [0, 0.05) is 0 Å². The first-order chi connectivity index (χ1) is 11.8. The lowest BCUT2D eigenvalue weighted by atomic mass is 9.94. The highest BCUT2D eigenvalue weighted by atomic mass is 16.5. The Hall–Kier alpha value is -2.04. The zero-order valence-electron chi connectivity index (χ0n) is 13.7. The molecule has 4 nitrogen and oxygen atoms in total. The summed E-state index contributed by atoms with van der Waals surface area (Å²) in [6, 6.07) is 15.1. The summed E-state index contributed by atoms with van der Waals surface area (Å²) in [4.78, 5) is 0. The Bertz CT molecular complexity index is 564. The van der Waals surface area contributed by atoms with Gasteiger partial charge in [-0.3, -0.25) is 0 Å². The van der Waals surface area contributed by atoms with Crippen LogP contribution in [0.1, 0.15) is 36.8 Å². The van der Waals surface area contributed by atoms with Crippen molar-refractivity contribution in [1.82, 2.24) is 0 Å². The van der Waals surface area contributed by atoms with Crippen molar-refractivity contribution in [3.05, 3.63) is 59.7 Å². The smallest absolute Gasteiger partial charge is 0.135 e. The Balaban J connectivity index is 1.65. The fourth-order valence-corrected chi connectivity index (χ4v) is 3.03. The van der Waals surface area contributed by atoms with Gasteiger partial charge in [0.25, 0.3) is 0 Å². The Labute approximate surface area is 142 Å². The highest BCUT2D eigenvalue weighted by Crippen LogP contribution is 2.28. The Morgan fingerprint density at radius 3 is 1.38 bits per heavy atom. The molecule has 1 saturated carbocycles. The van der Waals surface area contributed by atoms with Crippen molar-refractivity contribution in [2.24, 2.45) is 0 Å². The van der Waals surface area contributed by atoms with Gasteiger partial charge in [0.1, 0.15) is 23.7 Å². The zero-order valence-corrected chi connectivity index (χ0v) is 13.7. The van der Waals surface area contributed by atoms with Crippen LogP contribution in [0.25, 0.3) is 0 Å². The molecule has 2 aromatic rings. The molecule has 0 heterocycles. The number of hydrogen-bond donors (Lipinski definition) is 2. The number of benzene rings is 2. The molecule has 1 aliphatic carbocycles. The molecule has 0 saturated heterocycles. The number of ether oxygens (including phenoxy) is 2. The van der Waals surface area contributed by atoms with E-state index >= 15 is 0 Å². The van der Waals surface area contributed by atoms with Gasteiger partial charge in [0.2, 0.25) is 0 Å². The van der Waals surface area contributed by atoms with E-state index in [0.717, 1.165) is 48.3 Å². The van der Waals surface area contributed by atoms with Crippen molar-refractivity contribution in [2.45, 2.75) is 51.1 Å². The summed E-state index contributed by atoms with van der Waals surface area (Å²) in [5, 5.41) is 18.2. The molecule has 0 radical (unpaired) electrons. The van der Waals surface area contributed by atoms with Gasteiger partial charge in [-0.1, -0.05) is 24.3 Å². The molecular weight excluding hydrogens is 304 g/mol. The predicted octanol–water partition coefficient (Wildman–Crippen LogP) is 3.44. The third-order valence-electron chi connectivity index (χ3n) is 4.43. The first-order valence-corrected chi connectivity index (χ1v) is 8.51. The average molecular weight is 328 g/mol. The summed E-state index contributed by atoms with van der Waals surface area (Å²) in [5.74, 6) is 1.62. The van der Waals surface area contributed by atoms with Gasteiger partial charge in [0.05, 0.1) is 13.2 Å². The van der Waals surface area contributed by atoms with Gasteiger partial charge in [-0.2, -0.15) is 0 Å². The minimum atomic E-state index is 0.0243. The van der Waals surface area contributed by atoms with Gasteiger partial charge in [-0.15, -0.1) is 0 Å². The molecule has 1 aliphatic rings. The van der Waals surface area contributed by atoms with Crippen LogP contribution in [0.3, 0.4) is 0 Å². The van der Waals surface area contributed by atoms with Crippen LogP contribution in [-0.4, -0.2) is 22.4 Å². The molecule has 2 N–H and O–H groups in total. The van der Waals surface area contributed by atoms with Crippen molar-refractivity contribution in [3.8, 4) is 11.5 Å². The number of aliphatic hydroxyl groups excluding tert-OH is 2. The van der Waals surface area contributed by atoms with Gasteiger partial charge in [-0.05, 0) is 61.1 Å². The largest absolute Gasteiger partial charge is 0.487 e. The average Bonchev–Trinajstić information content (AvgIpc) is 2.64. The van der Waals surface area contributed by atoms with Crippen LogP contribution < -0.4 is 9.47 Å². The highest BCUT2D eigenvalue weighted by molar-refractivity contribution is 5.28. The molecule has 128 valence electrons. The molecule has 24 heavy (non-hydrogen) atoms. The van der Waals surface area contributed by atoms with E-state index < -0.39 is 0 Å². The lowest BCUT2D eigenvalue weighted by molar-refractivity contribution is 0.0231. The quantitative estimate of drug-likeness (QED) is 0.853. The molecule has 0 aromatic heterocycles. The first kappa shape index (κ1) is 16.8. The first-order valence-electron chi connectivity index (χ1n) is 8.51. The second-order valence-electron chi connectivity index (χ2n) is 6.20. The molecule has 3 rings (SSSR count). The molecule has 1 fully saturated rings. The van der Waals surface area contributed by atoms with E-state index in [9.17, 15) is 0 Å². The van der Waals surface area contributed by atoms with Crippen molar-refractivity contribution in [2.75, 3.05) is 0 Å². The normalized spacial score (nSPS) is 20.6. The molecule has 2 atom stereocenters. The summed E-state index contributed by atoms with van der Waals surface area (Å²) in [6.45, 7) is 0.0819. The van der Waals surface area contributed by atoms with E-state index in [2.05, 4.69) is 0 Å². The zero-order chi connectivity index (χ0) is 16.8. The number of hydrogen-bond acceptors (Lipinski definition) is 4. The van der Waals surface area contributed by atoms with E-state index in [1.165, 1.54) is 0 Å². The third-order valence-corrected chi connectivity index (χ3v) is 4.43. The number of aliphatic hydroxyl groups is 2. The van der Waals surface area contributed by atoms with Crippen molar-refractivity contribution < 1.29 is 19.7 Å². The molecule has 4 heteroatoms. The van der Waals surface area contributed by atoms with Crippen molar-refractivity contribution in [3.63, 3.8) is 0 Å². The minimum absolute atomic E-state index is 0.0243. The van der Waals surface area contributed by atoms with Crippen molar-refractivity contribution in [1.29, 1.82) is 0 Å². The summed E-state index contributed by atoms with van der Waals surface area (Å²) >= 11 is 0. The maximum atomic E-state index is 9.12. The second-order valence-corrected chi connectivity index (χ2v) is 6.20. The topological polar surface area (TPSA) is 58.9 Å². The maximum Gasteiger partial charge on any atom is 0.135 e. The Morgan fingerprint density at radius 2 is 1.04 bits per heavy atom. The third kappa shape index (κ3) is 4.28. The summed E-state index contributed by atoms with van der Waals surface area (Å²) in [6.07, 6.45) is 4.28. The maximum absolute atomic E-state index is 9.12. The number of rotatable bonds is 6. The fraction of sp³-hybridized carbons (Fsp3) is 0.400. The van der Waals surface area contributed by atoms with E-state index in [-0.39, 0.29) is 25.4 Å². The van der Waals surface area contributed by atoms with E-state index in [0.29, 0.717) is 0 Å². The van der Waals surface area contributed by atoms with Crippen LogP contribution in [0.2, 0.25) is 0 Å². The Kier molecular flexibility index (Phi) is 5.72. The van der Waals surface area contributed by atoms with Gasteiger partial charge >= 0.3 is 0 Å². The minimum Gasteiger partial charge on any atom is -0.487 e. The molecule has 0 amide bonds. The lowest BCUT2D eigenvalue weighted by Gasteiger charge is -2.32. The molecular formula is C20H24O4. The summed E-state index contributed by atoms with van der Waals surface area (Å²) in [5.41, 5.74) is 1.76. The summed E-state index contributed by atoms with van der Waals surface area (Å²) < 4.78 is 12.3. The van der Waals surface area contributed by atoms with Crippen LogP contribution in [0.15, 0.2) is 48.5 Å². The molecule has 2 unspecified atom stereocenters. The molecule has 0 aliphatic heterocycles. The standard InChI is InChI=1S/C20H24O4/c21-13-15-5-9-17(10-6-15)23-19-3-1-2-4-20(19)24-18-11-7-16(14-22)8-12-18/h5-12,19-22H,1-4,13-14H2.